The van der Waals surface area contributed by atoms with Gasteiger partial charge in [0.2, 0.25) is 5.91 Å². The van der Waals surface area contributed by atoms with Gasteiger partial charge in [0.1, 0.15) is 0 Å². The summed E-state index contributed by atoms with van der Waals surface area (Å²) in [5.74, 6) is -1.30. The van der Waals surface area contributed by atoms with Crippen LogP contribution in [0.5, 0.6) is 0 Å². The van der Waals surface area contributed by atoms with Crippen molar-refractivity contribution in [2.24, 2.45) is 0 Å². The van der Waals surface area contributed by atoms with E-state index in [0.29, 0.717) is 12.2 Å². The third-order valence-electron chi connectivity index (χ3n) is 2.92. The second-order valence-corrected chi connectivity index (χ2v) is 4.77. The van der Waals surface area contributed by atoms with Crippen molar-refractivity contribution in [3.8, 4) is 0 Å². The Bertz CT molecular complexity index is 454. The number of aromatic nitrogens is 2. The SMILES string of the molecule is CCCn1cncc1C(C(=O)O)N(C(C)=O)C(C)C. The van der Waals surface area contributed by atoms with Crippen LogP contribution in [-0.2, 0) is 16.1 Å². The summed E-state index contributed by atoms with van der Waals surface area (Å²) >= 11 is 0. The van der Waals surface area contributed by atoms with Crippen LogP contribution < -0.4 is 0 Å². The number of amides is 1. The number of carbonyl (C=O) groups excluding carboxylic acids is 1. The van der Waals surface area contributed by atoms with Gasteiger partial charge in [-0.3, -0.25) is 4.79 Å². The zero-order valence-corrected chi connectivity index (χ0v) is 11.8. The summed E-state index contributed by atoms with van der Waals surface area (Å²) in [6, 6.07) is -1.19. The smallest absolute Gasteiger partial charge is 0.332 e. The van der Waals surface area contributed by atoms with E-state index in [0.717, 1.165) is 6.42 Å². The molecule has 106 valence electrons. The number of rotatable bonds is 6. The van der Waals surface area contributed by atoms with Crippen LogP contribution in [0.3, 0.4) is 0 Å². The Kier molecular flexibility index (Phi) is 5.09. The van der Waals surface area contributed by atoms with Crippen molar-refractivity contribution in [3.05, 3.63) is 18.2 Å². The highest BCUT2D eigenvalue weighted by molar-refractivity contribution is 5.83. The monoisotopic (exact) mass is 267 g/mol. The van der Waals surface area contributed by atoms with E-state index in [1.54, 1.807) is 24.7 Å². The van der Waals surface area contributed by atoms with Gasteiger partial charge >= 0.3 is 5.97 Å². The van der Waals surface area contributed by atoms with Crippen molar-refractivity contribution in [2.45, 2.75) is 52.7 Å². The van der Waals surface area contributed by atoms with Crippen molar-refractivity contribution in [1.29, 1.82) is 0 Å². The van der Waals surface area contributed by atoms with E-state index < -0.39 is 12.0 Å². The lowest BCUT2D eigenvalue weighted by atomic mass is 10.1. The molecule has 19 heavy (non-hydrogen) atoms. The normalized spacial score (nSPS) is 12.5. The third-order valence-corrected chi connectivity index (χ3v) is 2.92. The summed E-state index contributed by atoms with van der Waals surface area (Å²) in [6.07, 6.45) is 4.00. The predicted octanol–water partition coefficient (Wildman–Crippen LogP) is 1.68. The van der Waals surface area contributed by atoms with Gasteiger partial charge in [0, 0.05) is 19.5 Å². The Hall–Kier alpha value is -1.85. The molecule has 0 radical (unpaired) electrons. The van der Waals surface area contributed by atoms with Crippen molar-refractivity contribution >= 4 is 11.9 Å². The zero-order chi connectivity index (χ0) is 14.6. The fourth-order valence-corrected chi connectivity index (χ4v) is 2.22. The molecule has 1 amide bonds. The van der Waals surface area contributed by atoms with Gasteiger partial charge in [0.05, 0.1) is 18.2 Å². The maximum Gasteiger partial charge on any atom is 0.332 e. The fourth-order valence-electron chi connectivity index (χ4n) is 2.22. The van der Waals surface area contributed by atoms with E-state index in [4.69, 9.17) is 0 Å². The van der Waals surface area contributed by atoms with Crippen LogP contribution in [0.15, 0.2) is 12.5 Å². The molecule has 1 N–H and O–H groups in total. The highest BCUT2D eigenvalue weighted by atomic mass is 16.4. The Morgan fingerprint density at radius 2 is 2.11 bits per heavy atom. The number of aryl methyl sites for hydroxylation is 1. The molecular weight excluding hydrogens is 246 g/mol. The van der Waals surface area contributed by atoms with Crippen LogP contribution in [0.1, 0.15) is 45.9 Å². The molecule has 1 rings (SSSR count). The summed E-state index contributed by atoms with van der Waals surface area (Å²) in [5.41, 5.74) is 0.540. The Balaban J connectivity index is 3.22. The van der Waals surface area contributed by atoms with E-state index in [9.17, 15) is 14.7 Å². The van der Waals surface area contributed by atoms with Crippen LogP contribution in [0.4, 0.5) is 0 Å². The van der Waals surface area contributed by atoms with E-state index in [-0.39, 0.29) is 11.9 Å². The molecule has 0 fully saturated rings. The number of hydrogen-bond donors (Lipinski definition) is 1. The van der Waals surface area contributed by atoms with Crippen molar-refractivity contribution in [2.75, 3.05) is 0 Å². The topological polar surface area (TPSA) is 75.4 Å². The summed E-state index contributed by atoms with van der Waals surface area (Å²) in [5, 5.41) is 9.47. The predicted molar refractivity (Wildman–Crippen MR) is 70.6 cm³/mol. The number of carboxylic acids is 1. The first-order valence-electron chi connectivity index (χ1n) is 6.41. The first-order chi connectivity index (χ1) is 8.90. The summed E-state index contributed by atoms with van der Waals surface area (Å²) < 4.78 is 1.79. The van der Waals surface area contributed by atoms with Gasteiger partial charge in [-0.05, 0) is 20.3 Å². The first kappa shape index (κ1) is 15.2. The highest BCUT2D eigenvalue weighted by Crippen LogP contribution is 2.23. The van der Waals surface area contributed by atoms with E-state index in [1.807, 2.05) is 6.92 Å². The molecule has 0 saturated heterocycles. The van der Waals surface area contributed by atoms with Crippen molar-refractivity contribution < 1.29 is 14.7 Å². The molecule has 0 spiro atoms. The average Bonchev–Trinajstić information content (AvgIpc) is 2.72. The number of carboxylic acid groups (broad SMARTS) is 1. The molecule has 1 heterocycles. The van der Waals surface area contributed by atoms with Gasteiger partial charge in [0.15, 0.2) is 6.04 Å². The molecule has 6 nitrogen and oxygen atoms in total. The van der Waals surface area contributed by atoms with Gasteiger partial charge in [-0.1, -0.05) is 6.92 Å². The van der Waals surface area contributed by atoms with E-state index in [1.165, 1.54) is 18.0 Å². The van der Waals surface area contributed by atoms with Crippen LogP contribution in [0.25, 0.3) is 0 Å². The molecule has 0 aliphatic carbocycles. The largest absolute Gasteiger partial charge is 0.479 e. The standard InChI is InChI=1S/C13H21N3O3/c1-5-6-15-8-14-7-11(15)12(13(18)19)16(9(2)3)10(4)17/h7-9,12H,5-6H2,1-4H3,(H,18,19). The number of nitrogens with zero attached hydrogens (tertiary/aromatic N) is 3. The van der Waals surface area contributed by atoms with Gasteiger partial charge in [-0.15, -0.1) is 0 Å². The second kappa shape index (κ2) is 6.36. The van der Waals surface area contributed by atoms with Crippen LogP contribution in [-0.4, -0.2) is 37.5 Å². The number of hydrogen-bond acceptors (Lipinski definition) is 3. The second-order valence-electron chi connectivity index (χ2n) is 4.77. The third kappa shape index (κ3) is 3.33. The molecule has 0 aliphatic heterocycles. The average molecular weight is 267 g/mol. The highest BCUT2D eigenvalue weighted by Gasteiger charge is 2.33. The van der Waals surface area contributed by atoms with Gasteiger partial charge < -0.3 is 14.6 Å². The van der Waals surface area contributed by atoms with Crippen LogP contribution >= 0.6 is 0 Å². The minimum absolute atomic E-state index is 0.191. The van der Waals surface area contributed by atoms with Crippen LogP contribution in [0, 0.1) is 0 Å². The fraction of sp³-hybridized carbons (Fsp3) is 0.615. The number of imidazole rings is 1. The minimum Gasteiger partial charge on any atom is -0.479 e. The summed E-state index contributed by atoms with van der Waals surface area (Å²) in [4.78, 5) is 28.7. The van der Waals surface area contributed by atoms with Gasteiger partial charge in [-0.25, -0.2) is 9.78 Å². The molecule has 0 saturated carbocycles. The molecule has 0 bridgehead atoms. The Morgan fingerprint density at radius 1 is 1.47 bits per heavy atom. The maximum absolute atomic E-state index is 11.7. The van der Waals surface area contributed by atoms with Gasteiger partial charge in [0.25, 0.3) is 0 Å². The summed E-state index contributed by atoms with van der Waals surface area (Å²) in [7, 11) is 0. The Morgan fingerprint density at radius 3 is 2.53 bits per heavy atom. The van der Waals surface area contributed by atoms with Crippen molar-refractivity contribution in [1.82, 2.24) is 14.5 Å². The van der Waals surface area contributed by atoms with Crippen LogP contribution in [0.2, 0.25) is 0 Å². The molecule has 0 aromatic carbocycles. The van der Waals surface area contributed by atoms with Gasteiger partial charge in [-0.2, -0.15) is 0 Å². The van der Waals surface area contributed by atoms with Crippen molar-refractivity contribution in [3.63, 3.8) is 0 Å². The van der Waals surface area contributed by atoms with E-state index in [2.05, 4.69) is 4.98 Å². The maximum atomic E-state index is 11.7. The molecular formula is C13H21N3O3. The lowest BCUT2D eigenvalue weighted by Gasteiger charge is -2.31. The molecule has 1 aromatic heterocycles. The lowest BCUT2D eigenvalue weighted by molar-refractivity contribution is -0.151. The molecule has 1 aromatic rings. The molecule has 0 aliphatic rings. The number of carbonyl (C=O) groups is 2. The molecule has 1 atom stereocenters. The zero-order valence-electron chi connectivity index (χ0n) is 11.8. The Labute approximate surface area is 113 Å². The summed E-state index contributed by atoms with van der Waals surface area (Å²) in [6.45, 7) is 7.68. The first-order valence-corrected chi connectivity index (χ1v) is 6.41. The minimum atomic E-state index is -1.04. The quantitative estimate of drug-likeness (QED) is 0.850. The number of aliphatic carboxylic acids is 1. The van der Waals surface area contributed by atoms with E-state index >= 15 is 0 Å². The lowest BCUT2D eigenvalue weighted by Crippen LogP contribution is -2.43. The molecule has 1 unspecified atom stereocenters. The molecule has 6 heteroatoms.